The van der Waals surface area contributed by atoms with Crippen molar-refractivity contribution >= 4 is 11.9 Å². The minimum atomic E-state index is -0.777. The Hall–Kier alpha value is -2.32. The number of carbonyl (C=O) groups excluding carboxylic acids is 2. The van der Waals surface area contributed by atoms with Gasteiger partial charge in [-0.2, -0.15) is 0 Å². The molecule has 0 aliphatic carbocycles. The number of terminal acetylenes is 1. The fourth-order valence-corrected chi connectivity index (χ4v) is 2.07. The molecule has 1 aromatic carbocycles. The lowest BCUT2D eigenvalue weighted by atomic mass is 10.1. The third-order valence-corrected chi connectivity index (χ3v) is 3.19. The maximum absolute atomic E-state index is 12.4. The van der Waals surface area contributed by atoms with Gasteiger partial charge in [0.2, 0.25) is 0 Å². The Bertz CT molecular complexity index is 521. The number of hydrogen-bond donors (Lipinski definition) is 1. The van der Waals surface area contributed by atoms with Crippen LogP contribution in [0.2, 0.25) is 0 Å². The van der Waals surface area contributed by atoms with Crippen LogP contribution in [0.15, 0.2) is 30.3 Å². The van der Waals surface area contributed by atoms with Crippen LogP contribution in [0.4, 0.5) is 0 Å². The van der Waals surface area contributed by atoms with Gasteiger partial charge in [0, 0.05) is 13.5 Å². The number of rotatable bonds is 8. The van der Waals surface area contributed by atoms with Crippen LogP contribution in [0.5, 0.6) is 0 Å². The molecule has 0 radical (unpaired) electrons. The van der Waals surface area contributed by atoms with Crippen LogP contribution in [-0.2, 0) is 19.1 Å². The molecule has 0 aromatic heterocycles. The van der Waals surface area contributed by atoms with Crippen LogP contribution in [0.25, 0.3) is 0 Å². The molecule has 1 rings (SSSR count). The van der Waals surface area contributed by atoms with Crippen LogP contribution in [-0.4, -0.2) is 32.1 Å². The average molecular weight is 303 g/mol. The second-order valence-electron chi connectivity index (χ2n) is 4.71. The highest BCUT2D eigenvalue weighted by atomic mass is 16.5. The summed E-state index contributed by atoms with van der Waals surface area (Å²) in [5, 5.41) is 2.67. The number of esters is 1. The highest BCUT2D eigenvalue weighted by molar-refractivity contribution is 5.87. The number of nitrogens with one attached hydrogen (secondary N) is 1. The lowest BCUT2D eigenvalue weighted by molar-refractivity contribution is -0.147. The standard InChI is InChI=1S/C17H21NO4/c1-4-5-7-12-14(17(20)22-3)18-16(19)15(21-2)13-10-8-6-9-11-13/h1,6,8-11,14-15H,5,7,12H2,2-3H3,(H,18,19)/t14-,15+/m0/s1. The molecular formula is C17H21NO4. The normalized spacial score (nSPS) is 12.8. The molecule has 0 saturated heterocycles. The summed E-state index contributed by atoms with van der Waals surface area (Å²) in [5.41, 5.74) is 0.717. The lowest BCUT2D eigenvalue weighted by Gasteiger charge is -2.20. The van der Waals surface area contributed by atoms with Crippen molar-refractivity contribution in [2.24, 2.45) is 0 Å². The summed E-state index contributed by atoms with van der Waals surface area (Å²) in [6.07, 6.45) is 6.01. The van der Waals surface area contributed by atoms with Crippen molar-refractivity contribution in [1.29, 1.82) is 0 Å². The molecular weight excluding hydrogens is 282 g/mol. The summed E-state index contributed by atoms with van der Waals surface area (Å²) >= 11 is 0. The van der Waals surface area contributed by atoms with Crippen LogP contribution in [0, 0.1) is 12.3 Å². The first-order valence-corrected chi connectivity index (χ1v) is 7.03. The van der Waals surface area contributed by atoms with E-state index in [1.807, 2.05) is 18.2 Å². The fraction of sp³-hybridized carbons (Fsp3) is 0.412. The van der Waals surface area contributed by atoms with E-state index in [0.717, 1.165) is 5.56 Å². The summed E-state index contributed by atoms with van der Waals surface area (Å²) in [6.45, 7) is 0. The summed E-state index contributed by atoms with van der Waals surface area (Å²) < 4.78 is 9.96. The second kappa shape index (κ2) is 9.59. The van der Waals surface area contributed by atoms with Crippen LogP contribution < -0.4 is 5.32 Å². The summed E-state index contributed by atoms with van der Waals surface area (Å²) in [7, 11) is 2.73. The Labute approximate surface area is 131 Å². The number of ether oxygens (including phenoxy) is 2. The quantitative estimate of drug-likeness (QED) is 0.452. The summed E-state index contributed by atoms with van der Waals surface area (Å²) in [6, 6.07) is 8.34. The predicted octanol–water partition coefficient (Wildman–Crippen LogP) is 1.84. The molecule has 1 aromatic rings. The zero-order valence-electron chi connectivity index (χ0n) is 12.9. The van der Waals surface area contributed by atoms with Gasteiger partial charge in [-0.25, -0.2) is 4.79 Å². The molecule has 5 nitrogen and oxygen atoms in total. The minimum Gasteiger partial charge on any atom is -0.467 e. The van der Waals surface area contributed by atoms with Gasteiger partial charge in [-0.05, 0) is 18.4 Å². The highest BCUT2D eigenvalue weighted by Gasteiger charge is 2.26. The molecule has 0 fully saturated rings. The smallest absolute Gasteiger partial charge is 0.328 e. The first-order valence-electron chi connectivity index (χ1n) is 7.03. The van der Waals surface area contributed by atoms with Crippen molar-refractivity contribution in [1.82, 2.24) is 5.32 Å². The van der Waals surface area contributed by atoms with E-state index in [0.29, 0.717) is 19.3 Å². The molecule has 0 unspecified atom stereocenters. The van der Waals surface area contributed by atoms with Crippen LogP contribution in [0.3, 0.4) is 0 Å². The Kier molecular flexibility index (Phi) is 7.73. The summed E-state index contributed by atoms with van der Waals surface area (Å²) in [4.78, 5) is 24.1. The molecule has 1 N–H and O–H groups in total. The van der Waals surface area contributed by atoms with Gasteiger partial charge >= 0.3 is 5.97 Å². The Morgan fingerprint density at radius 1 is 1.27 bits per heavy atom. The van der Waals surface area contributed by atoms with E-state index in [2.05, 4.69) is 11.2 Å². The van der Waals surface area contributed by atoms with Gasteiger partial charge in [0.1, 0.15) is 6.04 Å². The topological polar surface area (TPSA) is 64.6 Å². The van der Waals surface area contributed by atoms with Crippen molar-refractivity contribution in [2.45, 2.75) is 31.4 Å². The summed E-state index contributed by atoms with van der Waals surface area (Å²) in [5.74, 6) is 1.63. The first-order chi connectivity index (χ1) is 10.6. The van der Waals surface area contributed by atoms with Gasteiger partial charge in [-0.1, -0.05) is 30.3 Å². The van der Waals surface area contributed by atoms with Crippen molar-refractivity contribution in [2.75, 3.05) is 14.2 Å². The fourth-order valence-electron chi connectivity index (χ4n) is 2.07. The van der Waals surface area contributed by atoms with Crippen molar-refractivity contribution in [3.8, 4) is 12.3 Å². The number of benzene rings is 1. The molecule has 0 heterocycles. The minimum absolute atomic E-state index is 0.384. The molecule has 0 aliphatic heterocycles. The maximum atomic E-state index is 12.4. The van der Waals surface area contributed by atoms with E-state index in [4.69, 9.17) is 15.9 Å². The molecule has 0 bridgehead atoms. The number of hydrogen-bond acceptors (Lipinski definition) is 4. The van der Waals surface area contributed by atoms with E-state index < -0.39 is 18.1 Å². The van der Waals surface area contributed by atoms with Gasteiger partial charge in [0.25, 0.3) is 5.91 Å². The third kappa shape index (κ3) is 5.23. The number of amides is 1. The second-order valence-corrected chi connectivity index (χ2v) is 4.71. The van der Waals surface area contributed by atoms with Gasteiger partial charge in [-0.3, -0.25) is 4.79 Å². The zero-order chi connectivity index (χ0) is 16.4. The monoisotopic (exact) mass is 303 g/mol. The Morgan fingerprint density at radius 2 is 1.95 bits per heavy atom. The molecule has 2 atom stereocenters. The SMILES string of the molecule is C#CCCC[C@H](NC(=O)[C@H](OC)c1ccccc1)C(=O)OC. The molecule has 0 saturated carbocycles. The predicted molar refractivity (Wildman–Crippen MR) is 82.8 cm³/mol. The van der Waals surface area contributed by atoms with Crippen LogP contribution in [0.1, 0.15) is 30.9 Å². The van der Waals surface area contributed by atoms with Gasteiger partial charge < -0.3 is 14.8 Å². The average Bonchev–Trinajstić information content (AvgIpc) is 2.55. The number of methoxy groups -OCH3 is 2. The first kappa shape index (κ1) is 17.7. The molecule has 0 aliphatic rings. The van der Waals surface area contributed by atoms with Gasteiger partial charge in [0.15, 0.2) is 6.10 Å². The number of unbranched alkanes of at least 4 members (excludes halogenated alkanes) is 1. The maximum Gasteiger partial charge on any atom is 0.328 e. The van der Waals surface area contributed by atoms with Gasteiger partial charge in [-0.15, -0.1) is 12.3 Å². The largest absolute Gasteiger partial charge is 0.467 e. The molecule has 0 spiro atoms. The molecule has 1 amide bonds. The zero-order valence-corrected chi connectivity index (χ0v) is 12.9. The van der Waals surface area contributed by atoms with E-state index in [9.17, 15) is 9.59 Å². The molecule has 118 valence electrons. The van der Waals surface area contributed by atoms with E-state index >= 15 is 0 Å². The van der Waals surface area contributed by atoms with Crippen molar-refractivity contribution in [3.63, 3.8) is 0 Å². The van der Waals surface area contributed by atoms with Crippen molar-refractivity contribution in [3.05, 3.63) is 35.9 Å². The number of carbonyl (C=O) groups is 2. The van der Waals surface area contributed by atoms with E-state index in [1.165, 1.54) is 14.2 Å². The van der Waals surface area contributed by atoms with E-state index in [1.54, 1.807) is 12.1 Å². The Morgan fingerprint density at radius 3 is 2.50 bits per heavy atom. The van der Waals surface area contributed by atoms with E-state index in [-0.39, 0.29) is 5.91 Å². The third-order valence-electron chi connectivity index (χ3n) is 3.19. The lowest BCUT2D eigenvalue weighted by Crippen LogP contribution is -2.44. The van der Waals surface area contributed by atoms with Gasteiger partial charge in [0.05, 0.1) is 7.11 Å². The molecule has 22 heavy (non-hydrogen) atoms. The molecule has 5 heteroatoms. The van der Waals surface area contributed by atoms with Crippen LogP contribution >= 0.6 is 0 Å². The highest BCUT2D eigenvalue weighted by Crippen LogP contribution is 2.17. The van der Waals surface area contributed by atoms with Crippen molar-refractivity contribution < 1.29 is 19.1 Å². The Balaban J connectivity index is 2.75.